The Hall–Kier alpha value is -2.45. The lowest BCUT2D eigenvalue weighted by atomic mass is 9.91. The average Bonchev–Trinajstić information content (AvgIpc) is 2.72. The zero-order valence-electron chi connectivity index (χ0n) is 18.7. The van der Waals surface area contributed by atoms with Crippen LogP contribution in [0.4, 0.5) is 5.69 Å². The fraction of sp³-hybridized carbons (Fsp3) is 0.318. The van der Waals surface area contributed by atoms with E-state index in [1.165, 1.54) is 6.07 Å². The number of allylic oxidation sites excluding steroid dienone is 2. The van der Waals surface area contributed by atoms with Gasteiger partial charge in [0.05, 0.1) is 5.69 Å². The van der Waals surface area contributed by atoms with Crippen molar-refractivity contribution < 1.29 is 43.7 Å². The highest BCUT2D eigenvalue weighted by molar-refractivity contribution is 7.70. The summed E-state index contributed by atoms with van der Waals surface area (Å²) in [6.07, 6.45) is 0.00760. The van der Waals surface area contributed by atoms with Gasteiger partial charge < -0.3 is 35.1 Å². The van der Waals surface area contributed by atoms with Gasteiger partial charge in [0.25, 0.3) is 0 Å². The summed E-state index contributed by atoms with van der Waals surface area (Å²) in [5.41, 5.74) is 3.66. The number of aromatic hydroxyl groups is 2. The van der Waals surface area contributed by atoms with Crippen LogP contribution in [-0.2, 0) is 13.9 Å². The summed E-state index contributed by atoms with van der Waals surface area (Å²) in [6.45, 7) is 3.94. The van der Waals surface area contributed by atoms with Crippen molar-refractivity contribution in [3.8, 4) is 11.5 Å². The summed E-state index contributed by atoms with van der Waals surface area (Å²) in [5, 5.41) is 19.9. The average molecular weight is 513 g/mol. The monoisotopic (exact) mass is 513 g/mol. The van der Waals surface area contributed by atoms with Gasteiger partial charge in [-0.05, 0) is 65.8 Å². The number of phenolic OH excluding ortho intramolecular Hbond substituents is 2. The van der Waals surface area contributed by atoms with Crippen molar-refractivity contribution in [1.29, 1.82) is 0 Å². The molecule has 0 spiro atoms. The lowest BCUT2D eigenvalue weighted by Crippen LogP contribution is -2.16. The number of carbonyl (C=O) groups excluding carboxylic acids is 1. The zero-order valence-corrected chi connectivity index (χ0v) is 20.5. The first-order valence-electron chi connectivity index (χ1n) is 10.5. The topological polar surface area (TPSA) is 185 Å². The molecule has 7 N–H and O–H groups in total. The Kier molecular flexibility index (Phi) is 9.25. The predicted molar refractivity (Wildman–Crippen MR) is 129 cm³/mol. The Bertz CT molecular complexity index is 1130. The van der Waals surface area contributed by atoms with Crippen molar-refractivity contribution in [3.63, 3.8) is 0 Å². The molecule has 34 heavy (non-hydrogen) atoms. The van der Waals surface area contributed by atoms with Gasteiger partial charge in [0, 0.05) is 6.42 Å². The van der Waals surface area contributed by atoms with Gasteiger partial charge in [0.2, 0.25) is 5.91 Å². The van der Waals surface area contributed by atoms with E-state index in [1.54, 1.807) is 36.4 Å². The summed E-state index contributed by atoms with van der Waals surface area (Å²) < 4.78 is 22.8. The minimum absolute atomic E-state index is 0.0542. The number of hydrogen-bond donors (Lipinski definition) is 7. The summed E-state index contributed by atoms with van der Waals surface area (Å²) in [5.74, 6) is -0.862. The van der Waals surface area contributed by atoms with Crippen molar-refractivity contribution >= 4 is 37.9 Å². The van der Waals surface area contributed by atoms with Crippen molar-refractivity contribution in [2.75, 3.05) is 5.32 Å². The van der Waals surface area contributed by atoms with Crippen molar-refractivity contribution in [2.24, 2.45) is 0 Å². The molecule has 2 rings (SSSR count). The van der Waals surface area contributed by atoms with E-state index in [0.717, 1.165) is 22.3 Å². The molecule has 10 nitrogen and oxygen atoms in total. The van der Waals surface area contributed by atoms with Crippen LogP contribution in [0.5, 0.6) is 11.5 Å². The number of rotatable bonds is 10. The molecule has 2 aromatic rings. The SMILES string of the molecule is CCC(=C(CC)c1ccc(O)c(NC(=O)CCC(P(=O)(O)O)P(=O)(O)O)c1)c1ccc(O)cc1. The van der Waals surface area contributed by atoms with Gasteiger partial charge in [-0.2, -0.15) is 0 Å². The molecule has 0 unspecified atom stereocenters. The Morgan fingerprint density at radius 1 is 0.853 bits per heavy atom. The molecule has 0 bridgehead atoms. The van der Waals surface area contributed by atoms with E-state index in [9.17, 15) is 43.7 Å². The van der Waals surface area contributed by atoms with Gasteiger partial charge >= 0.3 is 15.2 Å². The first kappa shape index (κ1) is 27.8. The fourth-order valence-corrected chi connectivity index (χ4v) is 6.17. The molecule has 2 aromatic carbocycles. The molecule has 0 aliphatic heterocycles. The van der Waals surface area contributed by atoms with Crippen LogP contribution in [0.1, 0.15) is 50.7 Å². The van der Waals surface area contributed by atoms with Gasteiger partial charge in [0.15, 0.2) is 5.40 Å². The van der Waals surface area contributed by atoms with Gasteiger partial charge in [-0.3, -0.25) is 13.9 Å². The number of carbonyl (C=O) groups is 1. The summed E-state index contributed by atoms with van der Waals surface area (Å²) in [6, 6.07) is 11.4. The molecule has 0 saturated carbocycles. The Balaban J connectivity index is 2.31. The molecule has 0 aliphatic carbocycles. The molecule has 0 heterocycles. The molecule has 1 amide bonds. The third kappa shape index (κ3) is 7.27. The lowest BCUT2D eigenvalue weighted by Gasteiger charge is -2.19. The third-order valence-corrected chi connectivity index (χ3v) is 9.19. The molecular formula is C22H29NO9P2. The third-order valence-electron chi connectivity index (χ3n) is 5.31. The maximum Gasteiger partial charge on any atom is 0.340 e. The minimum atomic E-state index is -5.13. The Morgan fingerprint density at radius 3 is 1.85 bits per heavy atom. The van der Waals surface area contributed by atoms with Gasteiger partial charge in [0.1, 0.15) is 11.5 Å². The maximum absolute atomic E-state index is 12.4. The van der Waals surface area contributed by atoms with Crippen molar-refractivity contribution in [3.05, 3.63) is 53.6 Å². The Labute approximate surface area is 197 Å². The predicted octanol–water partition coefficient (Wildman–Crippen LogP) is 4.23. The van der Waals surface area contributed by atoms with Crippen molar-refractivity contribution in [2.45, 2.75) is 44.9 Å². The second kappa shape index (κ2) is 11.3. The largest absolute Gasteiger partial charge is 0.508 e. The second-order valence-electron chi connectivity index (χ2n) is 7.69. The van der Waals surface area contributed by atoms with Crippen LogP contribution in [0.3, 0.4) is 0 Å². The van der Waals surface area contributed by atoms with Gasteiger partial charge in [-0.15, -0.1) is 0 Å². The summed E-state index contributed by atoms with van der Waals surface area (Å²) in [7, 11) is -10.3. The molecule has 0 saturated heterocycles. The minimum Gasteiger partial charge on any atom is -0.508 e. The van der Waals surface area contributed by atoms with Crippen LogP contribution >= 0.6 is 15.2 Å². The van der Waals surface area contributed by atoms with Gasteiger partial charge in [-0.1, -0.05) is 32.0 Å². The quantitative estimate of drug-likeness (QED) is 0.139. The highest BCUT2D eigenvalue weighted by Gasteiger charge is 2.43. The van der Waals surface area contributed by atoms with Gasteiger partial charge in [-0.25, -0.2) is 0 Å². The molecule has 0 radical (unpaired) electrons. The van der Waals surface area contributed by atoms with E-state index in [0.29, 0.717) is 12.8 Å². The van der Waals surface area contributed by atoms with Crippen LogP contribution < -0.4 is 5.32 Å². The maximum atomic E-state index is 12.4. The second-order valence-corrected chi connectivity index (χ2v) is 11.7. The molecule has 0 aromatic heterocycles. The lowest BCUT2D eigenvalue weighted by molar-refractivity contribution is -0.116. The highest BCUT2D eigenvalue weighted by Crippen LogP contribution is 2.61. The number of phenols is 2. The number of benzene rings is 2. The summed E-state index contributed by atoms with van der Waals surface area (Å²) >= 11 is 0. The number of amides is 1. The number of nitrogens with one attached hydrogen (secondary N) is 1. The van der Waals surface area contributed by atoms with Crippen LogP contribution in [0.15, 0.2) is 42.5 Å². The molecule has 0 atom stereocenters. The summed E-state index contributed by atoms with van der Waals surface area (Å²) in [4.78, 5) is 49.1. The smallest absolute Gasteiger partial charge is 0.340 e. The van der Waals surface area contributed by atoms with Crippen LogP contribution in [-0.4, -0.2) is 41.1 Å². The molecule has 186 valence electrons. The molecular weight excluding hydrogens is 484 g/mol. The van der Waals surface area contributed by atoms with E-state index in [4.69, 9.17) is 0 Å². The van der Waals surface area contributed by atoms with Crippen LogP contribution in [0.2, 0.25) is 0 Å². The molecule has 0 fully saturated rings. The molecule has 0 aliphatic rings. The van der Waals surface area contributed by atoms with Crippen LogP contribution in [0, 0.1) is 0 Å². The number of anilines is 1. The first-order valence-corrected chi connectivity index (χ1v) is 13.9. The standard InChI is InChI=1S/C22H29NO9P2/c1-3-17(14-5-8-16(24)9-6-14)18(4-2)15-7-10-20(25)19(13-15)23-21(26)11-12-22(33(27,28)29)34(30,31)32/h5-10,13,22,24-25H,3-4,11-12H2,1-2H3,(H,23,26)(H2,27,28,29)(H2,30,31,32). The molecule has 12 heteroatoms. The van der Waals surface area contributed by atoms with E-state index in [2.05, 4.69) is 5.32 Å². The highest BCUT2D eigenvalue weighted by atomic mass is 31.2. The Morgan fingerprint density at radius 2 is 1.35 bits per heavy atom. The van der Waals surface area contributed by atoms with Crippen LogP contribution in [0.25, 0.3) is 11.1 Å². The van der Waals surface area contributed by atoms with Crippen molar-refractivity contribution in [1.82, 2.24) is 0 Å². The first-order chi connectivity index (χ1) is 15.8. The van der Waals surface area contributed by atoms with E-state index >= 15 is 0 Å². The van der Waals surface area contributed by atoms with E-state index in [-0.39, 0.29) is 17.2 Å². The van der Waals surface area contributed by atoms with E-state index in [1.807, 2.05) is 13.8 Å². The van der Waals surface area contributed by atoms with E-state index < -0.39 is 39.3 Å². The normalized spacial score (nSPS) is 13.0. The fourth-order valence-electron chi connectivity index (χ4n) is 3.68. The number of hydrogen-bond acceptors (Lipinski definition) is 5. The zero-order chi connectivity index (χ0) is 25.7.